The molecule has 0 bridgehead atoms. The van der Waals surface area contributed by atoms with Crippen molar-refractivity contribution in [2.45, 2.75) is 31.8 Å². The van der Waals surface area contributed by atoms with E-state index >= 15 is 0 Å². The highest BCUT2D eigenvalue weighted by Gasteiger charge is 2.31. The molecule has 0 spiro atoms. The van der Waals surface area contributed by atoms with Crippen LogP contribution in [0.2, 0.25) is 5.02 Å². The number of aromatic nitrogens is 3. The van der Waals surface area contributed by atoms with Crippen molar-refractivity contribution in [3.8, 4) is 17.1 Å². The Morgan fingerprint density at radius 3 is 3.00 bits per heavy atom. The molecule has 7 heteroatoms. The number of nitrogens with zero attached hydrogens (tertiary/aromatic N) is 3. The van der Waals surface area contributed by atoms with Crippen LogP contribution in [0.3, 0.4) is 0 Å². The third-order valence-corrected chi connectivity index (χ3v) is 3.99. The normalized spacial score (nSPS) is 16.8. The number of amides is 1. The molecule has 3 heterocycles. The molecule has 1 aliphatic carbocycles. The molecule has 22 heavy (non-hydrogen) atoms. The summed E-state index contributed by atoms with van der Waals surface area (Å²) in [6.45, 7) is 1.36. The van der Waals surface area contributed by atoms with Crippen molar-refractivity contribution < 1.29 is 9.53 Å². The van der Waals surface area contributed by atoms with Crippen LogP contribution in [0.4, 0.5) is 0 Å². The van der Waals surface area contributed by atoms with E-state index in [4.69, 9.17) is 16.3 Å². The monoisotopic (exact) mass is 318 g/mol. The van der Waals surface area contributed by atoms with Crippen LogP contribution >= 0.6 is 11.6 Å². The van der Waals surface area contributed by atoms with Crippen molar-refractivity contribution in [2.24, 2.45) is 0 Å². The van der Waals surface area contributed by atoms with E-state index in [1.165, 1.54) is 0 Å². The number of nitrogens with one attached hydrogen (secondary N) is 1. The summed E-state index contributed by atoms with van der Waals surface area (Å²) in [4.78, 5) is 16.8. The summed E-state index contributed by atoms with van der Waals surface area (Å²) in [5.41, 5.74) is 1.67. The molecule has 1 N–H and O–H groups in total. The SMILES string of the molecule is O=C(NC1CC1)c1nn2c(c1-c1ccc(Cl)cn1)OCCC2. The average molecular weight is 319 g/mol. The molecule has 0 saturated heterocycles. The van der Waals surface area contributed by atoms with Gasteiger partial charge in [-0.2, -0.15) is 5.10 Å². The smallest absolute Gasteiger partial charge is 0.272 e. The van der Waals surface area contributed by atoms with E-state index in [1.807, 2.05) is 0 Å². The van der Waals surface area contributed by atoms with Crippen molar-refractivity contribution in [3.05, 3.63) is 29.0 Å². The second-order valence-electron chi connectivity index (χ2n) is 5.56. The standard InChI is InChI=1S/C15H15ClN4O2/c16-9-2-5-11(17-8-9)12-13(14(21)18-10-3-4-10)19-20-6-1-7-22-15(12)20/h2,5,8,10H,1,3-4,6-7H2,(H,18,21). The first kappa shape index (κ1) is 13.6. The summed E-state index contributed by atoms with van der Waals surface area (Å²) in [6.07, 6.45) is 4.51. The molecule has 6 nitrogen and oxygen atoms in total. The molecule has 2 aliphatic rings. The lowest BCUT2D eigenvalue weighted by Gasteiger charge is -2.15. The number of halogens is 1. The zero-order chi connectivity index (χ0) is 15.1. The van der Waals surface area contributed by atoms with Gasteiger partial charge in [-0.1, -0.05) is 11.6 Å². The topological polar surface area (TPSA) is 69.0 Å². The quantitative estimate of drug-likeness (QED) is 0.942. The predicted molar refractivity (Wildman–Crippen MR) is 81.1 cm³/mol. The van der Waals surface area contributed by atoms with Gasteiger partial charge in [0.1, 0.15) is 0 Å². The Labute approximate surface area is 132 Å². The van der Waals surface area contributed by atoms with E-state index in [9.17, 15) is 4.79 Å². The fourth-order valence-corrected chi connectivity index (χ4v) is 2.63. The van der Waals surface area contributed by atoms with Gasteiger partial charge < -0.3 is 10.1 Å². The Hall–Kier alpha value is -2.08. The van der Waals surface area contributed by atoms with Gasteiger partial charge in [0.2, 0.25) is 5.88 Å². The highest BCUT2D eigenvalue weighted by molar-refractivity contribution is 6.30. The zero-order valence-corrected chi connectivity index (χ0v) is 12.6. The van der Waals surface area contributed by atoms with Gasteiger partial charge in [0.25, 0.3) is 5.91 Å². The molecule has 114 valence electrons. The van der Waals surface area contributed by atoms with E-state index in [0.717, 1.165) is 25.8 Å². The first-order valence-corrected chi connectivity index (χ1v) is 7.76. The van der Waals surface area contributed by atoms with E-state index in [1.54, 1.807) is 23.0 Å². The van der Waals surface area contributed by atoms with Gasteiger partial charge in [-0.3, -0.25) is 9.78 Å². The maximum Gasteiger partial charge on any atom is 0.272 e. The van der Waals surface area contributed by atoms with Crippen molar-refractivity contribution in [1.29, 1.82) is 0 Å². The first-order valence-electron chi connectivity index (χ1n) is 7.39. The molecule has 0 atom stereocenters. The van der Waals surface area contributed by atoms with Gasteiger partial charge in [0.15, 0.2) is 5.69 Å². The van der Waals surface area contributed by atoms with Crippen LogP contribution in [0.15, 0.2) is 18.3 Å². The van der Waals surface area contributed by atoms with Gasteiger partial charge in [0, 0.05) is 25.2 Å². The molecule has 1 aliphatic heterocycles. The fraction of sp³-hybridized carbons (Fsp3) is 0.400. The molecule has 4 rings (SSSR count). The molecule has 2 aromatic heterocycles. The van der Waals surface area contributed by atoms with Crippen LogP contribution in [-0.4, -0.2) is 33.3 Å². The lowest BCUT2D eigenvalue weighted by atomic mass is 10.1. The molecule has 1 saturated carbocycles. The van der Waals surface area contributed by atoms with Crippen LogP contribution < -0.4 is 10.1 Å². The molecular weight excluding hydrogens is 304 g/mol. The molecule has 0 unspecified atom stereocenters. The number of pyridine rings is 1. The fourth-order valence-electron chi connectivity index (χ4n) is 2.52. The number of carbonyl (C=O) groups is 1. The predicted octanol–water partition coefficient (Wildman–Crippen LogP) is 2.27. The van der Waals surface area contributed by atoms with Gasteiger partial charge in [-0.05, 0) is 25.0 Å². The number of fused-ring (bicyclic) bond motifs is 1. The highest BCUT2D eigenvalue weighted by atomic mass is 35.5. The molecule has 1 fully saturated rings. The Bertz CT molecular complexity index is 722. The largest absolute Gasteiger partial charge is 0.477 e. The van der Waals surface area contributed by atoms with Crippen LogP contribution in [-0.2, 0) is 6.54 Å². The van der Waals surface area contributed by atoms with Gasteiger partial charge in [0.05, 0.1) is 22.9 Å². The van der Waals surface area contributed by atoms with E-state index in [-0.39, 0.29) is 11.9 Å². The summed E-state index contributed by atoms with van der Waals surface area (Å²) in [5, 5.41) is 7.96. The minimum absolute atomic E-state index is 0.167. The van der Waals surface area contributed by atoms with E-state index in [0.29, 0.717) is 34.5 Å². The van der Waals surface area contributed by atoms with Crippen molar-refractivity contribution >= 4 is 17.5 Å². The van der Waals surface area contributed by atoms with Crippen molar-refractivity contribution in [2.75, 3.05) is 6.61 Å². The zero-order valence-electron chi connectivity index (χ0n) is 11.9. The van der Waals surface area contributed by atoms with Crippen LogP contribution in [0.25, 0.3) is 11.3 Å². The molecule has 0 aromatic carbocycles. The minimum Gasteiger partial charge on any atom is -0.477 e. The third kappa shape index (κ3) is 2.43. The number of ether oxygens (including phenoxy) is 1. The van der Waals surface area contributed by atoms with Gasteiger partial charge in [-0.25, -0.2) is 4.68 Å². The number of hydrogen-bond donors (Lipinski definition) is 1. The summed E-state index contributed by atoms with van der Waals surface area (Å²) in [7, 11) is 0. The van der Waals surface area contributed by atoms with Gasteiger partial charge in [-0.15, -0.1) is 0 Å². The maximum atomic E-state index is 12.5. The Balaban J connectivity index is 1.80. The molecule has 2 aromatic rings. The van der Waals surface area contributed by atoms with E-state index < -0.39 is 0 Å². The number of rotatable bonds is 3. The number of carbonyl (C=O) groups excluding carboxylic acids is 1. The highest BCUT2D eigenvalue weighted by Crippen LogP contribution is 2.35. The van der Waals surface area contributed by atoms with Crippen molar-refractivity contribution in [3.63, 3.8) is 0 Å². The maximum absolute atomic E-state index is 12.5. The van der Waals surface area contributed by atoms with Crippen LogP contribution in [0.5, 0.6) is 5.88 Å². The van der Waals surface area contributed by atoms with Crippen molar-refractivity contribution in [1.82, 2.24) is 20.1 Å². The molecular formula is C15H15ClN4O2. The van der Waals surface area contributed by atoms with E-state index in [2.05, 4.69) is 15.4 Å². The van der Waals surface area contributed by atoms with Crippen LogP contribution in [0.1, 0.15) is 29.8 Å². The lowest BCUT2D eigenvalue weighted by Crippen LogP contribution is -2.26. The molecule has 0 radical (unpaired) electrons. The van der Waals surface area contributed by atoms with Crippen LogP contribution in [0, 0.1) is 0 Å². The van der Waals surface area contributed by atoms with Gasteiger partial charge >= 0.3 is 0 Å². The lowest BCUT2D eigenvalue weighted by molar-refractivity contribution is 0.0945. The first-order chi connectivity index (χ1) is 10.7. The summed E-state index contributed by atoms with van der Waals surface area (Å²) in [6, 6.07) is 3.81. The second kappa shape index (κ2) is 5.28. The Morgan fingerprint density at radius 1 is 1.41 bits per heavy atom. The third-order valence-electron chi connectivity index (χ3n) is 3.77. The average Bonchev–Trinajstić information content (AvgIpc) is 3.25. The summed E-state index contributed by atoms with van der Waals surface area (Å²) >= 11 is 5.90. The Kier molecular flexibility index (Phi) is 3.26. The second-order valence-corrected chi connectivity index (χ2v) is 6.00. The number of hydrogen-bond acceptors (Lipinski definition) is 4. The minimum atomic E-state index is -0.167. The summed E-state index contributed by atoms with van der Waals surface area (Å²) in [5.74, 6) is 0.446. The Morgan fingerprint density at radius 2 is 2.27 bits per heavy atom. The summed E-state index contributed by atoms with van der Waals surface area (Å²) < 4.78 is 7.49. The molecule has 1 amide bonds. The number of aryl methyl sites for hydroxylation is 1.